The van der Waals surface area contributed by atoms with E-state index in [0.29, 0.717) is 13.0 Å². The zero-order valence-corrected chi connectivity index (χ0v) is 25.1. The molecule has 226 valence electrons. The van der Waals surface area contributed by atoms with E-state index >= 15 is 0 Å². The van der Waals surface area contributed by atoms with E-state index in [0.717, 1.165) is 16.0 Å². The minimum atomic E-state index is -1.87. The van der Waals surface area contributed by atoms with Gasteiger partial charge in [-0.2, -0.15) is 0 Å². The molecule has 4 rings (SSSR count). The fraction of sp³-hybridized carbons (Fsp3) is 0.452. The molecule has 1 saturated heterocycles. The van der Waals surface area contributed by atoms with Crippen LogP contribution in [0.25, 0.3) is 0 Å². The van der Waals surface area contributed by atoms with Crippen molar-refractivity contribution in [3.63, 3.8) is 0 Å². The lowest BCUT2D eigenvalue weighted by molar-refractivity contribution is -0.217. The molecule has 0 spiro atoms. The number of carbonyl (C=O) groups is 3. The summed E-state index contributed by atoms with van der Waals surface area (Å²) in [5.74, 6) is -4.09. The largest absolute Gasteiger partial charge is 0.439 e. The van der Waals surface area contributed by atoms with Crippen molar-refractivity contribution in [1.29, 1.82) is 0 Å². The predicted molar refractivity (Wildman–Crippen MR) is 155 cm³/mol. The van der Waals surface area contributed by atoms with Crippen molar-refractivity contribution in [1.82, 2.24) is 4.90 Å². The van der Waals surface area contributed by atoms with Crippen LogP contribution in [0.2, 0.25) is 0 Å². The molecule has 2 heterocycles. The molecule has 2 aromatic rings. The van der Waals surface area contributed by atoms with Crippen LogP contribution in [0.5, 0.6) is 0 Å². The first-order chi connectivity index (χ1) is 20.1. The smallest absolute Gasteiger partial charge is 0.417 e. The number of aliphatic hydroxyl groups excluding tert-OH is 1. The van der Waals surface area contributed by atoms with E-state index in [1.165, 1.54) is 13.0 Å². The number of cyclic esters (lactones) is 1. The molecule has 0 radical (unpaired) electrons. The average Bonchev–Trinajstić information content (AvgIpc) is 3.30. The monoisotopic (exact) mass is 645 g/mol. The summed E-state index contributed by atoms with van der Waals surface area (Å²) < 4.78 is 22.8. The van der Waals surface area contributed by atoms with Gasteiger partial charge in [-0.25, -0.2) is 9.69 Å². The summed E-state index contributed by atoms with van der Waals surface area (Å²) in [4.78, 5) is 40.0. The molecule has 1 fully saturated rings. The van der Waals surface area contributed by atoms with Gasteiger partial charge in [0.1, 0.15) is 18.3 Å². The average molecular weight is 647 g/mol. The van der Waals surface area contributed by atoms with Crippen molar-refractivity contribution in [3.05, 3.63) is 82.3 Å². The molecule has 0 bridgehead atoms. The summed E-state index contributed by atoms with van der Waals surface area (Å²) in [7, 11) is 0. The number of amides is 2. The second-order valence-electron chi connectivity index (χ2n) is 10.4. The molecular weight excluding hydrogens is 610 g/mol. The molecule has 2 aliphatic rings. The normalized spacial score (nSPS) is 25.6. The van der Waals surface area contributed by atoms with Crippen LogP contribution in [0.1, 0.15) is 43.9 Å². The van der Waals surface area contributed by atoms with Gasteiger partial charge < -0.3 is 29.2 Å². The van der Waals surface area contributed by atoms with E-state index in [4.69, 9.17) is 18.9 Å². The first-order valence-corrected chi connectivity index (χ1v) is 14.7. The van der Waals surface area contributed by atoms with Gasteiger partial charge in [-0.3, -0.25) is 9.59 Å². The van der Waals surface area contributed by atoms with E-state index in [9.17, 15) is 24.6 Å². The number of ketones is 1. The number of imide groups is 1. The lowest BCUT2D eigenvalue weighted by Gasteiger charge is -2.37. The summed E-state index contributed by atoms with van der Waals surface area (Å²) in [6.07, 6.45) is -1.66. The fourth-order valence-electron chi connectivity index (χ4n) is 4.94. The number of rotatable bonds is 13. The highest BCUT2D eigenvalue weighted by atomic mass is 79.9. The van der Waals surface area contributed by atoms with Gasteiger partial charge in [-0.05, 0) is 46.5 Å². The van der Waals surface area contributed by atoms with E-state index in [2.05, 4.69) is 15.9 Å². The van der Waals surface area contributed by atoms with E-state index in [1.807, 2.05) is 60.7 Å². The van der Waals surface area contributed by atoms with Crippen LogP contribution < -0.4 is 0 Å². The highest BCUT2D eigenvalue weighted by molar-refractivity contribution is 9.11. The van der Waals surface area contributed by atoms with E-state index < -0.39 is 53.8 Å². The first-order valence-electron chi connectivity index (χ1n) is 13.9. The summed E-state index contributed by atoms with van der Waals surface area (Å²) in [5, 5.41) is 20.9. The molecular formula is C31H36BrNO9. The number of benzene rings is 2. The third-order valence-electron chi connectivity index (χ3n) is 7.36. The molecule has 2 amide bonds. The maximum absolute atomic E-state index is 13.4. The Labute approximate surface area is 253 Å². The number of halogens is 1. The lowest BCUT2D eigenvalue weighted by Crippen LogP contribution is -2.52. The molecule has 2 N–H and O–H groups in total. The summed E-state index contributed by atoms with van der Waals surface area (Å²) in [5.41, 5.74) is 1.73. The molecule has 6 unspecified atom stereocenters. The van der Waals surface area contributed by atoms with E-state index in [-0.39, 0.29) is 30.7 Å². The molecule has 11 heteroatoms. The Hall–Kier alpha value is -2.93. The highest BCUT2D eigenvalue weighted by Gasteiger charge is 2.49. The molecule has 42 heavy (non-hydrogen) atoms. The number of nitrogens with zero attached hydrogens (tertiary/aromatic N) is 1. The van der Waals surface area contributed by atoms with Gasteiger partial charge in [-0.15, -0.1) is 0 Å². The summed E-state index contributed by atoms with van der Waals surface area (Å²) >= 11 is 3.23. The van der Waals surface area contributed by atoms with E-state index in [1.54, 1.807) is 6.92 Å². The minimum absolute atomic E-state index is 0.0572. The standard InChI is InChI=1S/C31H36BrNO9/c1-20(29(36)33-21(2)28(41-30(33)37)23-12-7-4-8-13-23)27-25(35)16-26(32)31(38,42-27)14-9-15-39-19-24(17-34)40-18-22-10-5-3-6-11-22/h3-8,10-13,16,20-21,24,27-28,34,38H,9,14-15,17-19H2,1-2H3. The highest BCUT2D eigenvalue weighted by Crippen LogP contribution is 2.38. The van der Waals surface area contributed by atoms with Gasteiger partial charge in [-0.1, -0.05) is 67.6 Å². The third kappa shape index (κ3) is 7.52. The van der Waals surface area contributed by atoms with Crippen molar-refractivity contribution < 1.29 is 43.5 Å². The topological polar surface area (TPSA) is 132 Å². The number of aliphatic hydroxyl groups is 2. The molecule has 2 aromatic carbocycles. The van der Waals surface area contributed by atoms with Crippen LogP contribution in [0, 0.1) is 5.92 Å². The Balaban J connectivity index is 1.30. The zero-order chi connectivity index (χ0) is 30.3. The number of ether oxygens (including phenoxy) is 4. The molecule has 0 saturated carbocycles. The Morgan fingerprint density at radius 3 is 2.45 bits per heavy atom. The van der Waals surface area contributed by atoms with Crippen molar-refractivity contribution in [2.45, 2.75) is 63.4 Å². The number of carbonyl (C=O) groups excluding carboxylic acids is 3. The van der Waals surface area contributed by atoms with Crippen LogP contribution in [0.15, 0.2) is 71.2 Å². The Morgan fingerprint density at radius 1 is 1.12 bits per heavy atom. The van der Waals surface area contributed by atoms with Gasteiger partial charge >= 0.3 is 6.09 Å². The van der Waals surface area contributed by atoms with Crippen LogP contribution in [-0.2, 0) is 35.1 Å². The molecule has 6 atom stereocenters. The molecule has 2 aliphatic heterocycles. The van der Waals surface area contributed by atoms with Gasteiger partial charge in [0.15, 0.2) is 11.6 Å². The second kappa shape index (κ2) is 14.5. The minimum Gasteiger partial charge on any atom is -0.439 e. The molecule has 10 nitrogen and oxygen atoms in total. The van der Waals surface area contributed by atoms with Gasteiger partial charge in [0, 0.05) is 13.0 Å². The van der Waals surface area contributed by atoms with Crippen LogP contribution >= 0.6 is 15.9 Å². The number of hydrogen-bond donors (Lipinski definition) is 2. The second-order valence-corrected chi connectivity index (χ2v) is 11.3. The van der Waals surface area contributed by atoms with Crippen LogP contribution in [0.3, 0.4) is 0 Å². The van der Waals surface area contributed by atoms with Gasteiger partial charge in [0.25, 0.3) is 0 Å². The van der Waals surface area contributed by atoms with Crippen LogP contribution in [-0.4, -0.2) is 76.8 Å². The fourth-order valence-corrected chi connectivity index (χ4v) is 5.45. The predicted octanol–water partition coefficient (Wildman–Crippen LogP) is 4.04. The van der Waals surface area contributed by atoms with Crippen molar-refractivity contribution in [2.75, 3.05) is 19.8 Å². The third-order valence-corrected chi connectivity index (χ3v) is 8.21. The zero-order valence-electron chi connectivity index (χ0n) is 23.6. The van der Waals surface area contributed by atoms with Crippen molar-refractivity contribution in [3.8, 4) is 0 Å². The quantitative estimate of drug-likeness (QED) is 0.310. The van der Waals surface area contributed by atoms with Crippen molar-refractivity contribution >= 4 is 33.7 Å². The SMILES string of the molecule is CC(C(=O)N1C(=O)OC(c2ccccc2)C1C)C1OC(O)(CCCOCC(CO)OCc2ccccc2)C(Br)=CC1=O. The Bertz CT molecular complexity index is 1260. The maximum atomic E-state index is 13.4. The first kappa shape index (κ1) is 32.0. The summed E-state index contributed by atoms with van der Waals surface area (Å²) in [6, 6.07) is 18.1. The van der Waals surface area contributed by atoms with Crippen molar-refractivity contribution in [2.24, 2.45) is 5.92 Å². The van der Waals surface area contributed by atoms with Gasteiger partial charge in [0.05, 0.1) is 36.3 Å². The maximum Gasteiger partial charge on any atom is 0.417 e. The van der Waals surface area contributed by atoms with Gasteiger partial charge in [0.2, 0.25) is 5.91 Å². The summed E-state index contributed by atoms with van der Waals surface area (Å²) in [6.45, 7) is 3.70. The molecule has 0 aromatic heterocycles. The Morgan fingerprint density at radius 2 is 1.79 bits per heavy atom. The number of hydrogen-bond acceptors (Lipinski definition) is 9. The lowest BCUT2D eigenvalue weighted by atomic mass is 9.93. The Kier molecular flexibility index (Phi) is 11.0. The molecule has 0 aliphatic carbocycles. The van der Waals surface area contributed by atoms with Crippen LogP contribution in [0.4, 0.5) is 4.79 Å².